The molecule has 0 fully saturated rings. The third-order valence-corrected chi connectivity index (χ3v) is 5.59. The van der Waals surface area contributed by atoms with Crippen molar-refractivity contribution >= 4 is 38.9 Å². The molecule has 0 saturated carbocycles. The van der Waals surface area contributed by atoms with E-state index in [1.807, 2.05) is 23.6 Å². The highest BCUT2D eigenvalue weighted by atomic mass is 79.9. The van der Waals surface area contributed by atoms with Crippen molar-refractivity contribution in [2.75, 3.05) is 13.9 Å². The van der Waals surface area contributed by atoms with Gasteiger partial charge in [-0.15, -0.1) is 11.3 Å². The number of allylic oxidation sites excluding steroid dienone is 1. The highest BCUT2D eigenvalue weighted by Gasteiger charge is 2.16. The number of nitriles is 1. The Hall–Kier alpha value is -3.02. The Kier molecular flexibility index (Phi) is 4.94. The summed E-state index contributed by atoms with van der Waals surface area (Å²) in [6.45, 7) is 0.216. The van der Waals surface area contributed by atoms with Gasteiger partial charge in [-0.25, -0.2) is 4.98 Å². The highest BCUT2D eigenvalue weighted by Crippen LogP contribution is 2.38. The van der Waals surface area contributed by atoms with E-state index in [0.717, 1.165) is 11.3 Å². The van der Waals surface area contributed by atoms with E-state index in [2.05, 4.69) is 27.0 Å². The molecule has 140 valence electrons. The van der Waals surface area contributed by atoms with Gasteiger partial charge in [0.25, 0.3) is 0 Å². The van der Waals surface area contributed by atoms with Gasteiger partial charge in [0.15, 0.2) is 23.0 Å². The van der Waals surface area contributed by atoms with Crippen LogP contribution in [-0.2, 0) is 0 Å². The predicted octanol–water partition coefficient (Wildman–Crippen LogP) is 5.08. The average Bonchev–Trinajstić information content (AvgIpc) is 3.37. The van der Waals surface area contributed by atoms with Crippen LogP contribution in [0.5, 0.6) is 23.0 Å². The lowest BCUT2D eigenvalue weighted by molar-refractivity contribution is 0.174. The Morgan fingerprint density at radius 2 is 2.14 bits per heavy atom. The van der Waals surface area contributed by atoms with E-state index >= 15 is 0 Å². The van der Waals surface area contributed by atoms with E-state index in [9.17, 15) is 10.4 Å². The van der Waals surface area contributed by atoms with Crippen molar-refractivity contribution in [3.05, 3.63) is 50.8 Å². The summed E-state index contributed by atoms with van der Waals surface area (Å²) in [6, 6.07) is 11.2. The number of benzene rings is 2. The molecule has 2 heterocycles. The zero-order valence-corrected chi connectivity index (χ0v) is 17.0. The normalized spacial score (nSPS) is 12.7. The summed E-state index contributed by atoms with van der Waals surface area (Å²) in [7, 11) is 1.47. The van der Waals surface area contributed by atoms with E-state index < -0.39 is 0 Å². The standard InChI is InChI=1S/C20H13BrN2O4S/c1-25-18-6-11(5-14(21)19(18)24)4-13(8-22)20-23-15(9-28-20)12-2-3-16-17(7-12)27-10-26-16/h2-7,9,24H,10H2,1H3. The Morgan fingerprint density at radius 1 is 1.32 bits per heavy atom. The van der Waals surface area contributed by atoms with E-state index in [-0.39, 0.29) is 12.5 Å². The summed E-state index contributed by atoms with van der Waals surface area (Å²) in [5.41, 5.74) is 2.76. The third-order valence-electron chi connectivity index (χ3n) is 4.11. The summed E-state index contributed by atoms with van der Waals surface area (Å²) in [5.74, 6) is 1.73. The molecule has 0 radical (unpaired) electrons. The first-order chi connectivity index (χ1) is 13.6. The van der Waals surface area contributed by atoms with Crippen LogP contribution in [0.25, 0.3) is 22.9 Å². The number of ether oxygens (including phenoxy) is 3. The van der Waals surface area contributed by atoms with Crippen LogP contribution in [0.4, 0.5) is 0 Å². The summed E-state index contributed by atoms with van der Waals surface area (Å²) >= 11 is 4.67. The molecular formula is C20H13BrN2O4S. The molecule has 0 atom stereocenters. The number of rotatable bonds is 4. The van der Waals surface area contributed by atoms with Gasteiger partial charge in [0.1, 0.15) is 11.1 Å². The number of hydrogen-bond donors (Lipinski definition) is 1. The molecule has 2 aromatic carbocycles. The second-order valence-corrected chi connectivity index (χ2v) is 7.54. The van der Waals surface area contributed by atoms with E-state index in [4.69, 9.17) is 14.2 Å². The van der Waals surface area contributed by atoms with Crippen molar-refractivity contribution in [1.29, 1.82) is 5.26 Å². The second kappa shape index (κ2) is 7.54. The fourth-order valence-corrected chi connectivity index (χ4v) is 3.98. The SMILES string of the molecule is COc1cc(C=C(C#N)c2nc(-c3ccc4c(c3)OCO4)cs2)cc(Br)c1O. The monoisotopic (exact) mass is 456 g/mol. The lowest BCUT2D eigenvalue weighted by atomic mass is 10.1. The maximum atomic E-state index is 9.94. The van der Waals surface area contributed by atoms with Crippen LogP contribution in [0.1, 0.15) is 10.6 Å². The van der Waals surface area contributed by atoms with Crippen molar-refractivity contribution in [3.63, 3.8) is 0 Å². The summed E-state index contributed by atoms with van der Waals surface area (Å²) in [5, 5.41) is 22.0. The van der Waals surface area contributed by atoms with Crippen molar-refractivity contribution < 1.29 is 19.3 Å². The molecule has 1 aliphatic heterocycles. The molecule has 0 saturated heterocycles. The van der Waals surface area contributed by atoms with Gasteiger partial charge in [-0.2, -0.15) is 5.26 Å². The minimum atomic E-state index is 0.0116. The van der Waals surface area contributed by atoms with Gasteiger partial charge in [0.2, 0.25) is 6.79 Å². The molecule has 0 unspecified atom stereocenters. The molecule has 3 aromatic rings. The molecule has 4 rings (SSSR count). The number of nitrogens with zero attached hydrogens (tertiary/aromatic N) is 2. The molecule has 6 nitrogen and oxygen atoms in total. The van der Waals surface area contributed by atoms with Gasteiger partial charge >= 0.3 is 0 Å². The average molecular weight is 457 g/mol. The Balaban J connectivity index is 1.68. The van der Waals surface area contributed by atoms with Gasteiger partial charge in [0, 0.05) is 10.9 Å². The minimum absolute atomic E-state index is 0.0116. The molecule has 0 spiro atoms. The zero-order chi connectivity index (χ0) is 19.7. The largest absolute Gasteiger partial charge is 0.503 e. The van der Waals surface area contributed by atoms with E-state index in [0.29, 0.717) is 37.9 Å². The van der Waals surface area contributed by atoms with Crippen molar-refractivity contribution in [2.45, 2.75) is 0 Å². The van der Waals surface area contributed by atoms with Gasteiger partial charge in [-0.1, -0.05) is 0 Å². The number of hydrogen-bond acceptors (Lipinski definition) is 7. The lowest BCUT2D eigenvalue weighted by Gasteiger charge is -2.06. The maximum absolute atomic E-state index is 9.94. The molecule has 0 aliphatic carbocycles. The van der Waals surface area contributed by atoms with Gasteiger partial charge in [-0.3, -0.25) is 0 Å². The molecule has 1 aromatic heterocycles. The number of phenolic OH excluding ortho intramolecular Hbond substituents is 1. The Labute approximate surface area is 173 Å². The van der Waals surface area contributed by atoms with Crippen LogP contribution in [0.2, 0.25) is 0 Å². The van der Waals surface area contributed by atoms with Crippen molar-refractivity contribution in [3.8, 4) is 40.3 Å². The fraction of sp³-hybridized carbons (Fsp3) is 0.100. The fourth-order valence-electron chi connectivity index (χ4n) is 2.73. The summed E-state index contributed by atoms with van der Waals surface area (Å²) in [4.78, 5) is 4.59. The van der Waals surface area contributed by atoms with Crippen LogP contribution >= 0.6 is 27.3 Å². The number of thiazole rings is 1. The highest BCUT2D eigenvalue weighted by molar-refractivity contribution is 9.10. The van der Waals surface area contributed by atoms with Crippen LogP contribution < -0.4 is 14.2 Å². The Morgan fingerprint density at radius 3 is 2.93 bits per heavy atom. The molecule has 0 amide bonds. The van der Waals surface area contributed by atoms with Gasteiger partial charge < -0.3 is 19.3 Å². The molecule has 0 bridgehead atoms. The first kappa shape index (κ1) is 18.3. The lowest BCUT2D eigenvalue weighted by Crippen LogP contribution is -1.92. The quantitative estimate of drug-likeness (QED) is 0.550. The zero-order valence-electron chi connectivity index (χ0n) is 14.6. The first-order valence-corrected chi connectivity index (χ1v) is 9.80. The van der Waals surface area contributed by atoms with Gasteiger partial charge in [-0.05, 0) is 57.9 Å². The molecule has 8 heteroatoms. The van der Waals surface area contributed by atoms with Crippen LogP contribution in [0, 0.1) is 11.3 Å². The van der Waals surface area contributed by atoms with Crippen LogP contribution in [0.3, 0.4) is 0 Å². The number of fused-ring (bicyclic) bond motifs is 1. The molecule has 1 aliphatic rings. The number of aromatic nitrogens is 1. The smallest absolute Gasteiger partial charge is 0.231 e. The van der Waals surface area contributed by atoms with E-state index in [1.54, 1.807) is 18.2 Å². The minimum Gasteiger partial charge on any atom is -0.503 e. The topological polar surface area (TPSA) is 84.6 Å². The Bertz CT molecular complexity index is 1130. The number of aromatic hydroxyl groups is 1. The van der Waals surface area contributed by atoms with Crippen LogP contribution in [0.15, 0.2) is 40.2 Å². The number of phenols is 1. The predicted molar refractivity (Wildman–Crippen MR) is 110 cm³/mol. The molecular weight excluding hydrogens is 444 g/mol. The summed E-state index contributed by atoms with van der Waals surface area (Å²) in [6.07, 6.45) is 1.70. The number of methoxy groups -OCH3 is 1. The molecule has 1 N–H and O–H groups in total. The maximum Gasteiger partial charge on any atom is 0.231 e. The van der Waals surface area contributed by atoms with E-state index in [1.165, 1.54) is 18.4 Å². The third kappa shape index (κ3) is 3.42. The van der Waals surface area contributed by atoms with Crippen molar-refractivity contribution in [2.24, 2.45) is 0 Å². The van der Waals surface area contributed by atoms with Crippen LogP contribution in [-0.4, -0.2) is 24.0 Å². The molecule has 28 heavy (non-hydrogen) atoms. The van der Waals surface area contributed by atoms with Crippen molar-refractivity contribution in [1.82, 2.24) is 4.98 Å². The second-order valence-electron chi connectivity index (χ2n) is 5.83. The number of halogens is 1. The summed E-state index contributed by atoms with van der Waals surface area (Å²) < 4.78 is 16.4. The first-order valence-electron chi connectivity index (χ1n) is 8.13. The van der Waals surface area contributed by atoms with Gasteiger partial charge in [0.05, 0.1) is 22.8 Å².